The summed E-state index contributed by atoms with van der Waals surface area (Å²) in [4.78, 5) is 8.20. The van der Waals surface area contributed by atoms with Crippen LogP contribution in [-0.4, -0.2) is 28.4 Å². The Morgan fingerprint density at radius 2 is 0.745 bits per heavy atom. The van der Waals surface area contributed by atoms with E-state index in [2.05, 4.69) is 407 Å². The molecular weight excluding hydrogens is 1260 g/mol. The highest BCUT2D eigenvalue weighted by atomic mass is 28.3. The van der Waals surface area contributed by atoms with Crippen LogP contribution in [0.5, 0.6) is 0 Å². The summed E-state index contributed by atoms with van der Waals surface area (Å²) in [6, 6.07) is 137. The maximum absolute atomic E-state index is 2.93. The molecule has 18 rings (SSSR count). The SMILES string of the molecule is CC(C)(C)c1cc2c3c(c1)C1(C)CCCCC1(C)N3c1cc(N(c3ccc([Si](c4ccccc4)(c4ccccc4)c4ccccc4)cc3)c3ccc([Si](c4ccccc4)(c4ccccc4)c4ccccc4)cc3)cc3c1B2c1ccc(-c2ccccc2)cc1N3c1cccc(-c2ccccc2)c1. The molecule has 0 spiro atoms. The molecule has 492 valence electrons. The first kappa shape index (κ1) is 63.2. The second-order valence-electron chi connectivity index (χ2n) is 30.2. The Morgan fingerprint density at radius 3 is 1.20 bits per heavy atom. The third-order valence-electron chi connectivity index (χ3n) is 23.8. The zero-order valence-corrected chi connectivity index (χ0v) is 60.8. The Bertz CT molecular complexity index is 5040. The molecule has 0 bridgehead atoms. The van der Waals surface area contributed by atoms with Crippen LogP contribution in [0.15, 0.2) is 358 Å². The Labute approximate surface area is 604 Å². The highest BCUT2D eigenvalue weighted by Crippen LogP contribution is 2.63. The molecule has 1 fully saturated rings. The quantitative estimate of drug-likeness (QED) is 0.0794. The minimum Gasteiger partial charge on any atom is -0.335 e. The molecule has 1 aliphatic carbocycles. The van der Waals surface area contributed by atoms with Crippen LogP contribution in [0, 0.1) is 0 Å². The van der Waals surface area contributed by atoms with Gasteiger partial charge >= 0.3 is 0 Å². The Balaban J connectivity index is 0.942. The Kier molecular flexibility index (Phi) is 15.5. The van der Waals surface area contributed by atoms with Gasteiger partial charge in [-0.15, -0.1) is 0 Å². The second kappa shape index (κ2) is 24.9. The van der Waals surface area contributed by atoms with E-state index in [1.54, 1.807) is 0 Å². The number of nitrogens with zero attached hydrogens (tertiary/aromatic N) is 3. The van der Waals surface area contributed by atoms with E-state index in [4.69, 9.17) is 0 Å². The van der Waals surface area contributed by atoms with Crippen LogP contribution in [0.4, 0.5) is 45.5 Å². The molecule has 0 saturated heterocycles. The van der Waals surface area contributed by atoms with E-state index < -0.39 is 16.1 Å². The molecule has 3 aliphatic heterocycles. The van der Waals surface area contributed by atoms with E-state index in [-0.39, 0.29) is 23.1 Å². The lowest BCUT2D eigenvalue weighted by Crippen LogP contribution is -2.74. The summed E-state index contributed by atoms with van der Waals surface area (Å²) < 4.78 is 0. The number of anilines is 8. The van der Waals surface area contributed by atoms with E-state index in [0.29, 0.717) is 0 Å². The van der Waals surface area contributed by atoms with Gasteiger partial charge in [0.15, 0.2) is 16.1 Å². The lowest BCUT2D eigenvalue weighted by Gasteiger charge is -2.53. The molecule has 0 aromatic heterocycles. The molecular formula is C96H82BN3Si2. The lowest BCUT2D eigenvalue weighted by molar-refractivity contribution is 0.195. The maximum Gasteiger partial charge on any atom is 0.252 e. The fraction of sp³-hybridized carbons (Fsp3) is 0.125. The smallest absolute Gasteiger partial charge is 0.252 e. The van der Waals surface area contributed by atoms with Crippen LogP contribution in [0.25, 0.3) is 22.3 Å². The molecule has 0 radical (unpaired) electrons. The van der Waals surface area contributed by atoms with Gasteiger partial charge in [-0.2, -0.15) is 0 Å². The van der Waals surface area contributed by atoms with E-state index >= 15 is 0 Å². The molecule has 14 aromatic rings. The molecule has 1 saturated carbocycles. The van der Waals surface area contributed by atoms with E-state index in [9.17, 15) is 0 Å². The third-order valence-corrected chi connectivity index (χ3v) is 33.4. The Hall–Kier alpha value is -11.0. The Morgan fingerprint density at radius 1 is 0.343 bits per heavy atom. The summed E-state index contributed by atoms with van der Waals surface area (Å²) in [5, 5.41) is 10.8. The normalized spacial score (nSPS) is 16.5. The molecule has 3 heterocycles. The van der Waals surface area contributed by atoms with Gasteiger partial charge in [0.1, 0.15) is 0 Å². The van der Waals surface area contributed by atoms with Gasteiger partial charge in [0, 0.05) is 45.2 Å². The predicted octanol–water partition coefficient (Wildman–Crippen LogP) is 16.9. The number of rotatable bonds is 14. The van der Waals surface area contributed by atoms with Crippen molar-refractivity contribution in [3.63, 3.8) is 0 Å². The van der Waals surface area contributed by atoms with E-state index in [0.717, 1.165) is 35.6 Å². The van der Waals surface area contributed by atoms with Gasteiger partial charge in [-0.1, -0.05) is 344 Å². The van der Waals surface area contributed by atoms with Crippen molar-refractivity contribution in [2.24, 2.45) is 0 Å². The van der Waals surface area contributed by atoms with Crippen molar-refractivity contribution in [3.8, 4) is 22.3 Å². The highest BCUT2D eigenvalue weighted by Gasteiger charge is 2.62. The largest absolute Gasteiger partial charge is 0.335 e. The monoisotopic (exact) mass is 1340 g/mol. The van der Waals surface area contributed by atoms with Crippen LogP contribution in [0.2, 0.25) is 0 Å². The van der Waals surface area contributed by atoms with Crippen LogP contribution < -0.4 is 72.6 Å². The van der Waals surface area contributed by atoms with Crippen LogP contribution in [0.3, 0.4) is 0 Å². The summed E-state index contributed by atoms with van der Waals surface area (Å²) in [6.45, 7) is 12.5. The van der Waals surface area contributed by atoms with Crippen molar-refractivity contribution in [2.45, 2.75) is 76.7 Å². The van der Waals surface area contributed by atoms with Crippen molar-refractivity contribution >= 4 is 126 Å². The standard InChI is InChI=1S/C96H82BN3Si2/c1-94(2,3)73-65-86-93-88(66-73)97-87-60-51-72(70-35-16-7-17-36-70)64-89(87)99(76-38-32-37-71(63-76)69-33-14-6-15-34-69)90-67-77(68-91(92(90)97)100(93)96(5)62-31-30-61-95(86,96)4)98(74-52-56-84(57-53-74)101(78-39-18-8-19-40-78,79-41-20-9-21-42-79)80-43-22-10-23-44-80)75-54-58-85(59-55-75)102(81-45-24-11-25-46-81,82-47-26-12-27-48-82)83-49-28-13-29-50-83/h6-29,32-60,63-68H,30-31,61-62H2,1-5H3. The summed E-state index contributed by atoms with van der Waals surface area (Å²) in [6.07, 6.45) is 4.60. The second-order valence-corrected chi connectivity index (χ2v) is 37.8. The molecule has 2 unspecified atom stereocenters. The summed E-state index contributed by atoms with van der Waals surface area (Å²) in [5.74, 6) is 0. The topological polar surface area (TPSA) is 9.72 Å². The number of hydrogen-bond acceptors (Lipinski definition) is 3. The molecule has 0 N–H and O–H groups in total. The van der Waals surface area contributed by atoms with Crippen molar-refractivity contribution in [1.82, 2.24) is 0 Å². The van der Waals surface area contributed by atoms with Gasteiger partial charge in [0.2, 0.25) is 0 Å². The zero-order valence-electron chi connectivity index (χ0n) is 58.8. The summed E-state index contributed by atoms with van der Waals surface area (Å²) in [7, 11) is -5.86. The molecule has 102 heavy (non-hydrogen) atoms. The number of hydrogen-bond donors (Lipinski definition) is 0. The van der Waals surface area contributed by atoms with Crippen molar-refractivity contribution in [1.29, 1.82) is 0 Å². The minimum atomic E-state index is -2.93. The first-order valence-electron chi connectivity index (χ1n) is 36.6. The van der Waals surface area contributed by atoms with Crippen LogP contribution in [0.1, 0.15) is 71.4 Å². The van der Waals surface area contributed by atoms with Crippen LogP contribution >= 0.6 is 0 Å². The van der Waals surface area contributed by atoms with Gasteiger partial charge in [-0.05, 0) is 171 Å². The van der Waals surface area contributed by atoms with Gasteiger partial charge in [0.25, 0.3) is 6.71 Å². The van der Waals surface area contributed by atoms with Gasteiger partial charge in [0.05, 0.1) is 11.2 Å². The fourth-order valence-electron chi connectivity index (χ4n) is 18.7. The van der Waals surface area contributed by atoms with Gasteiger partial charge < -0.3 is 14.7 Å². The first-order chi connectivity index (χ1) is 50.0. The van der Waals surface area contributed by atoms with Crippen molar-refractivity contribution < 1.29 is 0 Å². The molecule has 0 amide bonds. The predicted molar refractivity (Wildman–Crippen MR) is 440 cm³/mol. The fourth-order valence-corrected chi connectivity index (χ4v) is 28.2. The van der Waals surface area contributed by atoms with E-state index in [1.165, 1.54) is 127 Å². The minimum absolute atomic E-state index is 0.0665. The lowest BCUT2D eigenvalue weighted by atomic mass is 9.33. The maximum atomic E-state index is 2.92. The summed E-state index contributed by atoms with van der Waals surface area (Å²) >= 11 is 0. The molecule has 3 nitrogen and oxygen atoms in total. The highest BCUT2D eigenvalue weighted by molar-refractivity contribution is 7.20. The third kappa shape index (κ3) is 9.88. The van der Waals surface area contributed by atoms with Crippen molar-refractivity contribution in [2.75, 3.05) is 14.7 Å². The van der Waals surface area contributed by atoms with Crippen molar-refractivity contribution in [3.05, 3.63) is 369 Å². The number of fused-ring (bicyclic) bond motifs is 7. The van der Waals surface area contributed by atoms with Crippen LogP contribution in [-0.2, 0) is 10.8 Å². The molecule has 2 atom stereocenters. The molecule has 4 aliphatic rings. The zero-order chi connectivity index (χ0) is 68.8. The van der Waals surface area contributed by atoms with Gasteiger partial charge in [-0.25, -0.2) is 0 Å². The number of benzene rings is 14. The molecule has 14 aromatic carbocycles. The van der Waals surface area contributed by atoms with E-state index in [1.807, 2.05) is 0 Å². The first-order valence-corrected chi connectivity index (χ1v) is 40.6. The van der Waals surface area contributed by atoms with Gasteiger partial charge in [-0.3, -0.25) is 0 Å². The average molecular weight is 1340 g/mol. The average Bonchev–Trinajstić information content (AvgIpc) is 1.46. The summed E-state index contributed by atoms with van der Waals surface area (Å²) in [5.41, 5.74) is 20.9. The molecule has 6 heteroatoms.